The van der Waals surface area contributed by atoms with Crippen LogP contribution in [0.1, 0.15) is 35.3 Å². The molecule has 0 aliphatic carbocycles. The van der Waals surface area contributed by atoms with Crippen molar-refractivity contribution in [1.29, 1.82) is 0 Å². The highest BCUT2D eigenvalue weighted by atomic mass is 35.5. The highest BCUT2D eigenvalue weighted by Gasteiger charge is 2.40. The van der Waals surface area contributed by atoms with Crippen LogP contribution in [0.2, 0.25) is 10.0 Å². The summed E-state index contributed by atoms with van der Waals surface area (Å²) in [6.07, 6.45) is 2.63. The second kappa shape index (κ2) is 10.3. The summed E-state index contributed by atoms with van der Waals surface area (Å²) in [6.45, 7) is 0.177. The second-order valence-corrected chi connectivity index (χ2v) is 10.5. The van der Waals surface area contributed by atoms with Gasteiger partial charge in [0.1, 0.15) is 0 Å². The molecule has 31 heavy (non-hydrogen) atoms. The predicted molar refractivity (Wildman–Crippen MR) is 120 cm³/mol. The second-order valence-electron chi connectivity index (χ2n) is 7.56. The molecule has 1 aliphatic heterocycles. The van der Waals surface area contributed by atoms with Crippen LogP contribution in [0.15, 0.2) is 42.6 Å². The molecule has 1 aromatic carbocycles. The third-order valence-electron chi connectivity index (χ3n) is 5.58. The van der Waals surface area contributed by atoms with Gasteiger partial charge in [0.2, 0.25) is 10.0 Å². The van der Waals surface area contributed by atoms with Crippen LogP contribution in [0.4, 0.5) is 4.39 Å². The van der Waals surface area contributed by atoms with E-state index in [1.807, 2.05) is 12.1 Å². The molecule has 1 amide bonds. The van der Waals surface area contributed by atoms with Gasteiger partial charge in [-0.3, -0.25) is 14.2 Å². The summed E-state index contributed by atoms with van der Waals surface area (Å²) in [7, 11) is -3.51. The number of carbonyl (C=O) groups is 1. The molecule has 168 valence electrons. The lowest BCUT2D eigenvalue weighted by Crippen LogP contribution is -2.51. The fourth-order valence-corrected chi connectivity index (χ4v) is 5.74. The molecule has 1 aliphatic rings. The quantitative estimate of drug-likeness (QED) is 0.613. The highest BCUT2D eigenvalue weighted by Crippen LogP contribution is 2.35. The molecule has 6 nitrogen and oxygen atoms in total. The molecule has 0 saturated carbocycles. The van der Waals surface area contributed by atoms with Crippen LogP contribution in [0.3, 0.4) is 0 Å². The molecule has 1 aromatic heterocycles. The number of alkyl halides is 1. The van der Waals surface area contributed by atoms with Gasteiger partial charge < -0.3 is 5.32 Å². The number of hydrogen-bond donors (Lipinski definition) is 1. The van der Waals surface area contributed by atoms with Gasteiger partial charge in [-0.25, -0.2) is 12.7 Å². The van der Waals surface area contributed by atoms with E-state index in [1.165, 1.54) is 10.4 Å². The van der Waals surface area contributed by atoms with E-state index in [9.17, 15) is 17.6 Å². The summed E-state index contributed by atoms with van der Waals surface area (Å²) in [5.74, 6) is -0.540. The molecule has 2 aromatic rings. The normalized spacial score (nSPS) is 16.7. The van der Waals surface area contributed by atoms with Crippen molar-refractivity contribution >= 4 is 39.1 Å². The Kier molecular flexibility index (Phi) is 7.91. The lowest BCUT2D eigenvalue weighted by atomic mass is 9.75. The molecule has 3 rings (SSSR count). The number of rotatable bonds is 8. The first-order valence-corrected chi connectivity index (χ1v) is 12.3. The third kappa shape index (κ3) is 5.74. The van der Waals surface area contributed by atoms with Gasteiger partial charge in [0.25, 0.3) is 5.91 Å². The predicted octanol–water partition coefficient (Wildman–Crippen LogP) is 3.84. The number of amides is 1. The molecule has 1 saturated heterocycles. The maximum Gasteiger partial charge on any atom is 0.252 e. The first kappa shape index (κ1) is 23.9. The van der Waals surface area contributed by atoms with Crippen molar-refractivity contribution in [3.05, 3.63) is 63.9 Å². The van der Waals surface area contributed by atoms with E-state index >= 15 is 0 Å². The van der Waals surface area contributed by atoms with Gasteiger partial charge in [-0.15, -0.1) is 0 Å². The van der Waals surface area contributed by atoms with Crippen LogP contribution in [0.25, 0.3) is 0 Å². The number of piperidine rings is 1. The Morgan fingerprint density at radius 3 is 2.55 bits per heavy atom. The van der Waals surface area contributed by atoms with E-state index in [1.54, 1.807) is 24.4 Å². The summed E-state index contributed by atoms with van der Waals surface area (Å²) in [4.78, 5) is 17.2. The number of hydrogen-bond acceptors (Lipinski definition) is 4. The summed E-state index contributed by atoms with van der Waals surface area (Å²) >= 11 is 12.1. The minimum atomic E-state index is -3.51. The van der Waals surface area contributed by atoms with Crippen molar-refractivity contribution in [2.24, 2.45) is 0 Å². The van der Waals surface area contributed by atoms with Crippen LogP contribution in [-0.4, -0.2) is 55.7 Å². The number of nitrogens with one attached hydrogen (secondary N) is 1. The molecule has 10 heteroatoms. The molecule has 0 radical (unpaired) electrons. The maximum absolute atomic E-state index is 12.7. The first-order chi connectivity index (χ1) is 14.8. The fraction of sp³-hybridized carbons (Fsp3) is 0.429. The number of sulfonamides is 1. The van der Waals surface area contributed by atoms with Crippen LogP contribution in [0.5, 0.6) is 0 Å². The van der Waals surface area contributed by atoms with E-state index in [0.29, 0.717) is 23.4 Å². The molecule has 0 unspecified atom stereocenters. The Hall–Kier alpha value is -1.74. The molecular weight excluding hydrogens is 464 g/mol. The monoisotopic (exact) mass is 487 g/mol. The number of aromatic nitrogens is 1. The standard InChI is InChI=1S/C21H24Cl2FN3O3S/c22-16-5-6-17(18(23)14-16)20(28)26-15-21(19-4-1-2-10-25-19)7-11-27(12-8-21)31(29,30)13-3-9-24/h1-2,4-6,10,14H,3,7-9,11-13,15H2,(H,26,28). The fourth-order valence-electron chi connectivity index (χ4n) is 3.78. The van der Waals surface area contributed by atoms with E-state index in [2.05, 4.69) is 10.3 Å². The van der Waals surface area contributed by atoms with Crippen molar-refractivity contribution in [3.8, 4) is 0 Å². The van der Waals surface area contributed by atoms with Gasteiger partial charge in [0.15, 0.2) is 0 Å². The van der Waals surface area contributed by atoms with Crippen LogP contribution in [0, 0.1) is 0 Å². The Labute approximate surface area is 191 Å². The van der Waals surface area contributed by atoms with Crippen LogP contribution in [-0.2, 0) is 15.4 Å². The van der Waals surface area contributed by atoms with Gasteiger partial charge in [-0.05, 0) is 49.6 Å². The lowest BCUT2D eigenvalue weighted by molar-refractivity contribution is 0.0932. The molecule has 0 bridgehead atoms. The molecule has 0 atom stereocenters. The van der Waals surface area contributed by atoms with Crippen molar-refractivity contribution in [1.82, 2.24) is 14.6 Å². The molecule has 1 fully saturated rings. The Bertz CT molecular complexity index is 1010. The van der Waals surface area contributed by atoms with E-state index in [-0.39, 0.29) is 42.7 Å². The highest BCUT2D eigenvalue weighted by molar-refractivity contribution is 7.89. The number of carbonyl (C=O) groups excluding carboxylic acids is 1. The average Bonchev–Trinajstić information content (AvgIpc) is 2.77. The smallest absolute Gasteiger partial charge is 0.252 e. The minimum Gasteiger partial charge on any atom is -0.351 e. The molecular formula is C21H24Cl2FN3O3S. The lowest BCUT2D eigenvalue weighted by Gasteiger charge is -2.41. The zero-order valence-electron chi connectivity index (χ0n) is 16.9. The molecule has 1 N–H and O–H groups in total. The molecule has 2 heterocycles. The van der Waals surface area contributed by atoms with E-state index in [4.69, 9.17) is 23.2 Å². The number of nitrogens with zero attached hydrogens (tertiary/aromatic N) is 2. The maximum atomic E-state index is 12.7. The number of halogens is 3. The van der Waals surface area contributed by atoms with Crippen molar-refractivity contribution in [2.75, 3.05) is 32.1 Å². The van der Waals surface area contributed by atoms with Crippen molar-refractivity contribution in [3.63, 3.8) is 0 Å². The van der Waals surface area contributed by atoms with Gasteiger partial charge in [0, 0.05) is 42.0 Å². The van der Waals surface area contributed by atoms with Crippen molar-refractivity contribution in [2.45, 2.75) is 24.7 Å². The Balaban J connectivity index is 1.76. The average molecular weight is 488 g/mol. The summed E-state index contributed by atoms with van der Waals surface area (Å²) in [6, 6.07) is 10.2. The topological polar surface area (TPSA) is 79.4 Å². The minimum absolute atomic E-state index is 0.0118. The van der Waals surface area contributed by atoms with Gasteiger partial charge in [-0.2, -0.15) is 0 Å². The third-order valence-corrected chi connectivity index (χ3v) is 8.08. The Morgan fingerprint density at radius 1 is 1.19 bits per heavy atom. The first-order valence-electron chi connectivity index (χ1n) is 9.96. The van der Waals surface area contributed by atoms with Gasteiger partial charge in [0.05, 0.1) is 23.0 Å². The summed E-state index contributed by atoms with van der Waals surface area (Å²) in [5.41, 5.74) is 0.578. The van der Waals surface area contributed by atoms with Crippen LogP contribution < -0.4 is 5.32 Å². The zero-order valence-corrected chi connectivity index (χ0v) is 19.2. The van der Waals surface area contributed by atoms with Gasteiger partial charge >= 0.3 is 0 Å². The number of pyridine rings is 1. The summed E-state index contributed by atoms with van der Waals surface area (Å²) in [5, 5.41) is 3.63. The van der Waals surface area contributed by atoms with Crippen LogP contribution >= 0.6 is 23.2 Å². The summed E-state index contributed by atoms with van der Waals surface area (Å²) < 4.78 is 38.8. The Morgan fingerprint density at radius 2 is 1.94 bits per heavy atom. The zero-order chi connectivity index (χ0) is 22.5. The van der Waals surface area contributed by atoms with E-state index in [0.717, 1.165) is 5.69 Å². The van der Waals surface area contributed by atoms with Gasteiger partial charge in [-0.1, -0.05) is 29.3 Å². The SMILES string of the molecule is O=C(NCC1(c2ccccn2)CCN(S(=O)(=O)CCCF)CC1)c1ccc(Cl)cc1Cl. The number of benzene rings is 1. The largest absolute Gasteiger partial charge is 0.351 e. The van der Waals surface area contributed by atoms with E-state index < -0.39 is 22.1 Å². The molecule has 0 spiro atoms. The van der Waals surface area contributed by atoms with Crippen molar-refractivity contribution < 1.29 is 17.6 Å².